The number of hydrogen-bond acceptors (Lipinski definition) is 3. The lowest BCUT2D eigenvalue weighted by atomic mass is 9.83. The van der Waals surface area contributed by atoms with E-state index in [1.807, 2.05) is 42.5 Å². The summed E-state index contributed by atoms with van der Waals surface area (Å²) in [5.41, 5.74) is 8.17. The van der Waals surface area contributed by atoms with Crippen LogP contribution in [0.4, 0.5) is 0 Å². The molecule has 8 aromatic rings. The fourth-order valence-corrected chi connectivity index (χ4v) is 7.51. The third-order valence-corrected chi connectivity index (χ3v) is 10.8. The second-order valence-corrected chi connectivity index (χ2v) is 17.1. The molecule has 2 heterocycles. The number of aromatic hydroxyl groups is 1. The summed E-state index contributed by atoms with van der Waals surface area (Å²) in [6.07, 6.45) is 1.68. The minimum Gasteiger partial charge on any atom is -0.507 e. The number of fused-ring (bicyclic) bond motifs is 1. The molecule has 0 bridgehead atoms. The Hall–Kier alpha value is -6.26. The molecule has 4 nitrogen and oxygen atoms in total. The van der Waals surface area contributed by atoms with Crippen molar-refractivity contribution in [3.05, 3.63) is 168 Å². The summed E-state index contributed by atoms with van der Waals surface area (Å²) >= 11 is 0. The Labute approximate surface area is 356 Å². The van der Waals surface area contributed by atoms with Crippen molar-refractivity contribution in [3.63, 3.8) is 0 Å². The molecular formula is C54H53N3O. The Bertz CT molecular complexity index is 3080. The molecule has 0 unspecified atom stereocenters. The highest BCUT2D eigenvalue weighted by molar-refractivity contribution is 5.97. The molecule has 2 aromatic heterocycles. The van der Waals surface area contributed by atoms with Gasteiger partial charge in [-0.1, -0.05) is 153 Å². The zero-order chi connectivity index (χ0) is 48.5. The molecule has 0 spiro atoms. The van der Waals surface area contributed by atoms with Crippen molar-refractivity contribution in [2.45, 2.75) is 78.3 Å². The van der Waals surface area contributed by atoms with E-state index in [4.69, 9.17) is 22.3 Å². The largest absolute Gasteiger partial charge is 0.507 e. The second kappa shape index (κ2) is 14.6. The van der Waals surface area contributed by atoms with E-state index in [0.717, 1.165) is 50.1 Å². The first-order valence-electron chi connectivity index (χ1n) is 24.0. The lowest BCUT2D eigenvalue weighted by Crippen LogP contribution is -2.12. The molecule has 4 heteroatoms. The molecule has 0 fully saturated rings. The molecule has 0 atom stereocenters. The normalized spacial score (nSPS) is 15.2. The van der Waals surface area contributed by atoms with Crippen molar-refractivity contribution in [2.24, 2.45) is 0 Å². The maximum Gasteiger partial charge on any atom is 0.149 e. The Balaban J connectivity index is 1.31. The van der Waals surface area contributed by atoms with E-state index in [2.05, 4.69) is 107 Å². The van der Waals surface area contributed by atoms with Crippen LogP contribution in [0.15, 0.2) is 152 Å². The average molecular weight is 769 g/mol. The van der Waals surface area contributed by atoms with Gasteiger partial charge < -0.3 is 5.11 Å². The second-order valence-electron chi connectivity index (χ2n) is 17.1. The van der Waals surface area contributed by atoms with E-state index < -0.39 is 26.0 Å². The van der Waals surface area contributed by atoms with Crippen molar-refractivity contribution < 1.29 is 17.4 Å². The third kappa shape index (κ3) is 7.47. The highest BCUT2D eigenvalue weighted by atomic mass is 16.3. The number of phenolic OH excluding ortho intramolecular Hbond substituents is 1. The molecule has 0 amide bonds. The van der Waals surface area contributed by atoms with Gasteiger partial charge in [0.1, 0.15) is 11.6 Å². The van der Waals surface area contributed by atoms with Gasteiger partial charge in [0.15, 0.2) is 0 Å². The maximum atomic E-state index is 11.4. The van der Waals surface area contributed by atoms with Gasteiger partial charge >= 0.3 is 0 Å². The van der Waals surface area contributed by atoms with Gasteiger partial charge in [-0.2, -0.15) is 0 Å². The Morgan fingerprint density at radius 2 is 1.17 bits per heavy atom. The van der Waals surface area contributed by atoms with Crippen molar-refractivity contribution in [3.8, 4) is 67.5 Å². The summed E-state index contributed by atoms with van der Waals surface area (Å²) in [5, 5.41) is 11.4. The van der Waals surface area contributed by atoms with Crippen LogP contribution in [0.3, 0.4) is 0 Å². The fraction of sp³-hybridized carbons (Fsp3) is 0.222. The molecule has 0 saturated carbocycles. The molecule has 0 saturated heterocycles. The molecular weight excluding hydrogens is 707 g/mol. The number of para-hydroxylation sites is 2. The lowest BCUT2D eigenvalue weighted by Gasteiger charge is -2.23. The molecule has 8 rings (SSSR count). The number of imidazole rings is 1. The van der Waals surface area contributed by atoms with Gasteiger partial charge in [-0.05, 0) is 110 Å². The first-order chi connectivity index (χ1) is 31.3. The van der Waals surface area contributed by atoms with E-state index in [1.54, 1.807) is 36.5 Å². The number of rotatable bonds is 6. The molecule has 58 heavy (non-hydrogen) atoms. The summed E-state index contributed by atoms with van der Waals surface area (Å²) in [7, 11) is 0. The van der Waals surface area contributed by atoms with E-state index in [0.29, 0.717) is 28.2 Å². The lowest BCUT2D eigenvalue weighted by molar-refractivity contribution is 0.477. The number of phenols is 1. The number of benzene rings is 6. The van der Waals surface area contributed by atoms with E-state index in [9.17, 15) is 5.11 Å². The van der Waals surface area contributed by atoms with Gasteiger partial charge in [0, 0.05) is 35.2 Å². The Kier molecular flexibility index (Phi) is 7.31. The SMILES string of the molecule is [2H]C([2H])([2H])C(c1ccc(-c2ccnc(-c3cc(-c4cccc5c4nc(-c4ccccc4O)n5-c4ccc(C(C)(C)C)cc4-c4ccccc4)cc(C(C)(C)C)c3)c2)cc1)(C([2H])([2H])[2H])C([2H])([2H])[2H]. The topological polar surface area (TPSA) is 50.9 Å². The number of aromatic nitrogens is 3. The van der Waals surface area contributed by atoms with Crippen molar-refractivity contribution in [2.75, 3.05) is 0 Å². The predicted molar refractivity (Wildman–Crippen MR) is 244 cm³/mol. The molecule has 6 aromatic carbocycles. The first-order valence-corrected chi connectivity index (χ1v) is 19.5. The molecule has 1 N–H and O–H groups in total. The molecule has 0 aliphatic rings. The highest BCUT2D eigenvalue weighted by Crippen LogP contribution is 2.42. The van der Waals surface area contributed by atoms with Crippen LogP contribution in [0.5, 0.6) is 5.75 Å². The van der Waals surface area contributed by atoms with Gasteiger partial charge in [-0.25, -0.2) is 4.98 Å². The van der Waals surface area contributed by atoms with Crippen LogP contribution in [0.2, 0.25) is 0 Å². The van der Waals surface area contributed by atoms with Crippen LogP contribution in [-0.2, 0) is 16.2 Å². The summed E-state index contributed by atoms with van der Waals surface area (Å²) in [6.45, 7) is 2.98. The fourth-order valence-electron chi connectivity index (χ4n) is 7.51. The third-order valence-electron chi connectivity index (χ3n) is 10.8. The number of hydrogen-bond donors (Lipinski definition) is 1. The Morgan fingerprint density at radius 1 is 0.500 bits per heavy atom. The molecule has 0 radical (unpaired) electrons. The quantitative estimate of drug-likeness (QED) is 0.183. The molecule has 0 aliphatic heterocycles. The van der Waals surface area contributed by atoms with Gasteiger partial charge in [0.2, 0.25) is 0 Å². The summed E-state index contributed by atoms with van der Waals surface area (Å²) in [5.74, 6) is 0.694. The summed E-state index contributed by atoms with van der Waals surface area (Å²) < 4.78 is 75.7. The average Bonchev–Trinajstić information content (AvgIpc) is 3.64. The minimum atomic E-state index is -3.36. The standard InChI is InChI=1S/C54H53N3O/c1-52(2,3)40-24-22-35(23-25-40)37-28-29-55-46(33-37)39-30-38(31-42(32-39)54(7,8)9)43-19-15-20-48-50(43)56-51(44-18-13-14-21-49(44)58)57(48)47-27-26-41(53(4,5)6)34-45(47)36-16-11-10-12-17-36/h10-34,58H,1-9H3/i1D3,2D3,3D3. The van der Waals surface area contributed by atoms with Crippen molar-refractivity contribution in [1.82, 2.24) is 14.5 Å². The predicted octanol–water partition coefficient (Wildman–Crippen LogP) is 14.4. The summed E-state index contributed by atoms with van der Waals surface area (Å²) in [6, 6.07) is 46.1. The maximum absolute atomic E-state index is 11.4. The van der Waals surface area contributed by atoms with Crippen molar-refractivity contribution in [1.29, 1.82) is 0 Å². The monoisotopic (exact) mass is 768 g/mol. The zero-order valence-corrected chi connectivity index (χ0v) is 33.7. The first kappa shape index (κ1) is 29.0. The van der Waals surface area contributed by atoms with Crippen LogP contribution in [-0.4, -0.2) is 19.6 Å². The van der Waals surface area contributed by atoms with Gasteiger partial charge in [-0.3, -0.25) is 9.55 Å². The smallest absolute Gasteiger partial charge is 0.149 e. The number of pyridine rings is 1. The number of nitrogens with zero attached hydrogens (tertiary/aromatic N) is 3. The van der Waals surface area contributed by atoms with E-state index in [-0.39, 0.29) is 22.1 Å². The molecule has 290 valence electrons. The highest BCUT2D eigenvalue weighted by Gasteiger charge is 2.25. The van der Waals surface area contributed by atoms with Crippen LogP contribution in [0, 0.1) is 0 Å². The van der Waals surface area contributed by atoms with Gasteiger partial charge in [0.25, 0.3) is 0 Å². The van der Waals surface area contributed by atoms with Crippen LogP contribution in [0.1, 0.15) is 91.1 Å². The minimum absolute atomic E-state index is 0.108. The van der Waals surface area contributed by atoms with Gasteiger partial charge in [-0.15, -0.1) is 0 Å². The zero-order valence-electron chi connectivity index (χ0n) is 42.7. The van der Waals surface area contributed by atoms with E-state index >= 15 is 0 Å². The summed E-state index contributed by atoms with van der Waals surface area (Å²) in [4.78, 5) is 10.2. The van der Waals surface area contributed by atoms with Crippen molar-refractivity contribution >= 4 is 11.0 Å². The van der Waals surface area contributed by atoms with E-state index in [1.165, 1.54) is 17.7 Å². The molecule has 0 aliphatic carbocycles. The van der Waals surface area contributed by atoms with Crippen LogP contribution < -0.4 is 0 Å². The van der Waals surface area contributed by atoms with Crippen LogP contribution >= 0.6 is 0 Å². The Morgan fingerprint density at radius 3 is 1.88 bits per heavy atom. The van der Waals surface area contributed by atoms with Crippen LogP contribution in [0.25, 0.3) is 72.7 Å². The van der Waals surface area contributed by atoms with Gasteiger partial charge in [0.05, 0.1) is 28.0 Å².